The van der Waals surface area contributed by atoms with E-state index in [1.54, 1.807) is 17.9 Å². The van der Waals surface area contributed by atoms with E-state index in [1.807, 2.05) is 30.3 Å². The highest BCUT2D eigenvalue weighted by Gasteiger charge is 2.23. The summed E-state index contributed by atoms with van der Waals surface area (Å²) in [6.07, 6.45) is 4.55. The normalized spacial score (nSPS) is 13.1. The number of fused-ring (bicyclic) bond motifs is 2. The molecule has 0 amide bonds. The molecule has 1 aromatic carbocycles. The van der Waals surface area contributed by atoms with Crippen molar-refractivity contribution in [3.8, 4) is 17.3 Å². The second-order valence-electron chi connectivity index (χ2n) is 6.34. The van der Waals surface area contributed by atoms with E-state index >= 15 is 0 Å². The predicted octanol–water partition coefficient (Wildman–Crippen LogP) is 4.28. The van der Waals surface area contributed by atoms with E-state index < -0.39 is 0 Å². The Hall–Kier alpha value is -3.06. The van der Waals surface area contributed by atoms with Gasteiger partial charge in [-0.05, 0) is 49.6 Å². The number of hydrogen-bond donors (Lipinski definition) is 1. The number of methoxy groups -OCH3 is 1. The van der Waals surface area contributed by atoms with Crippen molar-refractivity contribution in [2.24, 2.45) is 0 Å². The van der Waals surface area contributed by atoms with E-state index in [0.717, 1.165) is 42.0 Å². The maximum absolute atomic E-state index is 6.28. The first-order valence-electron chi connectivity index (χ1n) is 8.66. The van der Waals surface area contributed by atoms with Gasteiger partial charge in [0, 0.05) is 11.3 Å². The Balaban J connectivity index is 1.64. The van der Waals surface area contributed by atoms with Gasteiger partial charge in [-0.3, -0.25) is 0 Å². The first-order chi connectivity index (χ1) is 13.2. The fourth-order valence-electron chi connectivity index (χ4n) is 3.40. The molecule has 4 aromatic rings. The van der Waals surface area contributed by atoms with Crippen LogP contribution in [0.4, 0.5) is 11.5 Å². The molecule has 0 saturated carbocycles. The van der Waals surface area contributed by atoms with Gasteiger partial charge in [0.25, 0.3) is 5.78 Å². The highest BCUT2D eigenvalue weighted by molar-refractivity contribution is 6.32. The highest BCUT2D eigenvalue weighted by Crippen LogP contribution is 2.33. The van der Waals surface area contributed by atoms with Crippen LogP contribution in [0.15, 0.2) is 41.0 Å². The molecule has 0 aliphatic heterocycles. The third-order valence-corrected chi connectivity index (χ3v) is 4.96. The lowest BCUT2D eigenvalue weighted by Gasteiger charge is -2.13. The van der Waals surface area contributed by atoms with Gasteiger partial charge >= 0.3 is 0 Å². The topological polar surface area (TPSA) is 77.5 Å². The molecule has 0 fully saturated rings. The fraction of sp³-hybridized carbons (Fsp3) is 0.211. The molecule has 1 aliphatic rings. The number of halogens is 1. The largest absolute Gasteiger partial charge is 0.495 e. The standard InChI is InChI=1S/C19H16ClN5O2/c1-26-15-8-7-11(10-13(15)20)21-18-12-4-2-5-14(12)22-19-23-17(24-25(18)19)16-6-3-9-27-16/h3,6-10,21H,2,4-5H2,1H3. The first-order valence-corrected chi connectivity index (χ1v) is 9.03. The zero-order chi connectivity index (χ0) is 18.4. The molecule has 0 saturated heterocycles. The van der Waals surface area contributed by atoms with Crippen LogP contribution in [0, 0.1) is 0 Å². The predicted molar refractivity (Wildman–Crippen MR) is 102 cm³/mol. The van der Waals surface area contributed by atoms with Crippen molar-refractivity contribution in [3.63, 3.8) is 0 Å². The van der Waals surface area contributed by atoms with E-state index in [4.69, 9.17) is 25.7 Å². The molecule has 0 atom stereocenters. The summed E-state index contributed by atoms with van der Waals surface area (Å²) in [5, 5.41) is 8.60. The molecular weight excluding hydrogens is 366 g/mol. The van der Waals surface area contributed by atoms with Crippen LogP contribution in [-0.2, 0) is 12.8 Å². The molecule has 136 valence electrons. The number of nitrogens with one attached hydrogen (secondary N) is 1. The van der Waals surface area contributed by atoms with Crippen LogP contribution >= 0.6 is 11.6 Å². The van der Waals surface area contributed by atoms with Gasteiger partial charge in [-0.25, -0.2) is 4.98 Å². The van der Waals surface area contributed by atoms with Crippen molar-refractivity contribution >= 4 is 28.9 Å². The average molecular weight is 382 g/mol. The van der Waals surface area contributed by atoms with E-state index in [1.165, 1.54) is 0 Å². The molecule has 0 bridgehead atoms. The Morgan fingerprint density at radius 2 is 2.15 bits per heavy atom. The Bertz CT molecular complexity index is 1140. The van der Waals surface area contributed by atoms with Gasteiger partial charge in [-0.1, -0.05) is 11.6 Å². The van der Waals surface area contributed by atoms with Crippen LogP contribution in [0.5, 0.6) is 5.75 Å². The summed E-state index contributed by atoms with van der Waals surface area (Å²) in [6.45, 7) is 0. The molecule has 0 radical (unpaired) electrons. The monoisotopic (exact) mass is 381 g/mol. The number of nitrogens with zero attached hydrogens (tertiary/aromatic N) is 4. The Morgan fingerprint density at radius 3 is 2.93 bits per heavy atom. The lowest BCUT2D eigenvalue weighted by molar-refractivity contribution is 0.415. The lowest BCUT2D eigenvalue weighted by atomic mass is 10.2. The number of anilines is 2. The van der Waals surface area contributed by atoms with E-state index in [9.17, 15) is 0 Å². The fourth-order valence-corrected chi connectivity index (χ4v) is 3.66. The summed E-state index contributed by atoms with van der Waals surface area (Å²) in [7, 11) is 1.60. The van der Waals surface area contributed by atoms with Crippen molar-refractivity contribution < 1.29 is 9.15 Å². The number of rotatable bonds is 4. The smallest absolute Gasteiger partial charge is 0.255 e. The molecule has 3 aromatic heterocycles. The van der Waals surface area contributed by atoms with Crippen LogP contribution in [0.3, 0.4) is 0 Å². The molecule has 5 rings (SSSR count). The summed E-state index contributed by atoms with van der Waals surface area (Å²) in [5.41, 5.74) is 3.06. The van der Waals surface area contributed by atoms with Crippen LogP contribution in [0.25, 0.3) is 17.4 Å². The van der Waals surface area contributed by atoms with Gasteiger partial charge in [0.15, 0.2) is 5.76 Å². The molecular formula is C19H16ClN5O2. The number of ether oxygens (including phenoxy) is 1. The van der Waals surface area contributed by atoms with E-state index in [-0.39, 0.29) is 0 Å². The number of aryl methyl sites for hydroxylation is 1. The molecule has 27 heavy (non-hydrogen) atoms. The lowest BCUT2D eigenvalue weighted by Crippen LogP contribution is -2.07. The summed E-state index contributed by atoms with van der Waals surface area (Å²) >= 11 is 6.28. The molecule has 8 heteroatoms. The number of benzene rings is 1. The quantitative estimate of drug-likeness (QED) is 0.568. The summed E-state index contributed by atoms with van der Waals surface area (Å²) in [6, 6.07) is 9.23. The van der Waals surface area contributed by atoms with Gasteiger partial charge < -0.3 is 14.5 Å². The molecule has 1 N–H and O–H groups in total. The van der Waals surface area contributed by atoms with E-state index in [2.05, 4.69) is 15.4 Å². The SMILES string of the molecule is COc1ccc(Nc2c3c(nc4nc(-c5ccco5)nn24)CCC3)cc1Cl. The maximum atomic E-state index is 6.28. The van der Waals surface area contributed by atoms with Crippen molar-refractivity contribution in [2.45, 2.75) is 19.3 Å². The second kappa shape index (κ2) is 6.28. The van der Waals surface area contributed by atoms with Gasteiger partial charge in [0.2, 0.25) is 5.82 Å². The summed E-state index contributed by atoms with van der Waals surface area (Å²) in [4.78, 5) is 9.24. The maximum Gasteiger partial charge on any atom is 0.255 e. The third-order valence-electron chi connectivity index (χ3n) is 4.67. The number of hydrogen-bond acceptors (Lipinski definition) is 6. The van der Waals surface area contributed by atoms with Crippen molar-refractivity contribution in [3.05, 3.63) is 52.9 Å². The van der Waals surface area contributed by atoms with Crippen molar-refractivity contribution in [1.82, 2.24) is 19.6 Å². The minimum Gasteiger partial charge on any atom is -0.495 e. The van der Waals surface area contributed by atoms with Crippen LogP contribution < -0.4 is 10.1 Å². The van der Waals surface area contributed by atoms with Gasteiger partial charge in [0.05, 0.1) is 24.1 Å². The highest BCUT2D eigenvalue weighted by atomic mass is 35.5. The summed E-state index contributed by atoms with van der Waals surface area (Å²) < 4.78 is 12.4. The zero-order valence-electron chi connectivity index (χ0n) is 14.6. The van der Waals surface area contributed by atoms with Crippen LogP contribution in [0.1, 0.15) is 17.7 Å². The summed E-state index contributed by atoms with van der Waals surface area (Å²) in [5.74, 6) is 3.16. The zero-order valence-corrected chi connectivity index (χ0v) is 15.3. The number of furan rings is 1. The van der Waals surface area contributed by atoms with Crippen molar-refractivity contribution in [1.29, 1.82) is 0 Å². The first kappa shape index (κ1) is 16.1. The minimum atomic E-state index is 0.506. The minimum absolute atomic E-state index is 0.506. The number of aromatic nitrogens is 4. The van der Waals surface area contributed by atoms with Gasteiger partial charge in [0.1, 0.15) is 11.6 Å². The Kier molecular flexibility index (Phi) is 3.75. The molecule has 7 nitrogen and oxygen atoms in total. The Morgan fingerprint density at radius 1 is 1.22 bits per heavy atom. The van der Waals surface area contributed by atoms with Crippen molar-refractivity contribution in [2.75, 3.05) is 12.4 Å². The second-order valence-corrected chi connectivity index (χ2v) is 6.75. The molecule has 3 heterocycles. The van der Waals surface area contributed by atoms with Crippen LogP contribution in [-0.4, -0.2) is 26.7 Å². The molecule has 0 unspecified atom stereocenters. The Labute approximate surface area is 160 Å². The van der Waals surface area contributed by atoms with Gasteiger partial charge in [-0.15, -0.1) is 5.10 Å². The van der Waals surface area contributed by atoms with E-state index in [0.29, 0.717) is 28.1 Å². The molecule has 0 spiro atoms. The molecule has 1 aliphatic carbocycles. The third kappa shape index (κ3) is 2.71. The average Bonchev–Trinajstić information content (AvgIpc) is 3.41. The van der Waals surface area contributed by atoms with Gasteiger partial charge in [-0.2, -0.15) is 9.50 Å². The van der Waals surface area contributed by atoms with Crippen LogP contribution in [0.2, 0.25) is 5.02 Å².